The predicted octanol–water partition coefficient (Wildman–Crippen LogP) is 2.13. The molecule has 2 N–H and O–H groups in total. The highest BCUT2D eigenvalue weighted by molar-refractivity contribution is 5.96. The second-order valence-electron chi connectivity index (χ2n) is 7.22. The number of likely N-dealkylation sites (N-methyl/N-ethyl adjacent to an activating group) is 1. The Morgan fingerprint density at radius 1 is 1.00 bits per heavy atom. The summed E-state index contributed by atoms with van der Waals surface area (Å²) in [5.41, 5.74) is 1.62. The van der Waals surface area contributed by atoms with Gasteiger partial charge in [0.2, 0.25) is 11.8 Å². The molecule has 7 heteroatoms. The topological polar surface area (TPSA) is 73.9 Å². The van der Waals surface area contributed by atoms with Crippen LogP contribution in [0.15, 0.2) is 54.6 Å². The van der Waals surface area contributed by atoms with Crippen LogP contribution in [0.5, 0.6) is 5.75 Å². The number of hydrogen-bond donors (Lipinski definition) is 2. The fourth-order valence-corrected chi connectivity index (χ4v) is 3.68. The lowest BCUT2D eigenvalue weighted by Gasteiger charge is -2.38. The molecule has 0 saturated carbocycles. The molecule has 1 heterocycles. The largest absolute Gasteiger partial charge is 0.492 e. The Labute approximate surface area is 178 Å². The minimum atomic E-state index is -0.414. The van der Waals surface area contributed by atoms with E-state index in [2.05, 4.69) is 20.4 Å². The van der Waals surface area contributed by atoms with E-state index >= 15 is 0 Å². The van der Waals surface area contributed by atoms with E-state index in [1.54, 1.807) is 7.05 Å². The van der Waals surface area contributed by atoms with Crippen LogP contribution in [0.4, 0.5) is 5.69 Å². The van der Waals surface area contributed by atoms with Crippen molar-refractivity contribution in [3.63, 3.8) is 0 Å². The zero-order valence-corrected chi connectivity index (χ0v) is 17.6. The summed E-state index contributed by atoms with van der Waals surface area (Å²) in [5, 5.41) is 5.72. The van der Waals surface area contributed by atoms with Gasteiger partial charge in [0.15, 0.2) is 0 Å². The first-order valence-electron chi connectivity index (χ1n) is 10.4. The summed E-state index contributed by atoms with van der Waals surface area (Å²) in [4.78, 5) is 29.3. The van der Waals surface area contributed by atoms with E-state index in [0.717, 1.165) is 18.7 Å². The fourth-order valence-electron chi connectivity index (χ4n) is 3.68. The zero-order valence-electron chi connectivity index (χ0n) is 17.6. The van der Waals surface area contributed by atoms with E-state index in [9.17, 15) is 9.59 Å². The van der Waals surface area contributed by atoms with Gasteiger partial charge >= 0.3 is 0 Å². The second-order valence-corrected chi connectivity index (χ2v) is 7.22. The number of ether oxygens (including phenoxy) is 1. The molecule has 0 aliphatic carbocycles. The Morgan fingerprint density at radius 3 is 2.33 bits per heavy atom. The van der Waals surface area contributed by atoms with Crippen molar-refractivity contribution in [1.29, 1.82) is 0 Å². The van der Waals surface area contributed by atoms with Gasteiger partial charge in [0.25, 0.3) is 0 Å². The molecule has 0 bridgehead atoms. The van der Waals surface area contributed by atoms with Crippen LogP contribution in [0.3, 0.4) is 0 Å². The highest BCUT2D eigenvalue weighted by atomic mass is 16.5. The maximum atomic E-state index is 13.4. The van der Waals surface area contributed by atoms with Crippen LogP contribution in [0, 0.1) is 0 Å². The van der Waals surface area contributed by atoms with Gasteiger partial charge < -0.3 is 15.4 Å². The van der Waals surface area contributed by atoms with Crippen LogP contribution in [0.2, 0.25) is 0 Å². The Bertz CT molecular complexity index is 835. The molecule has 2 aromatic rings. The summed E-state index contributed by atoms with van der Waals surface area (Å²) in [6, 6.07) is 16.9. The van der Waals surface area contributed by atoms with Crippen molar-refractivity contribution in [3.05, 3.63) is 60.2 Å². The summed E-state index contributed by atoms with van der Waals surface area (Å²) in [6.07, 6.45) is 0. The Balaban J connectivity index is 1.76. The minimum absolute atomic E-state index is 0.00772. The molecule has 0 spiro atoms. The fraction of sp³-hybridized carbons (Fsp3) is 0.391. The first-order valence-corrected chi connectivity index (χ1v) is 10.4. The van der Waals surface area contributed by atoms with Crippen molar-refractivity contribution >= 4 is 17.5 Å². The summed E-state index contributed by atoms with van der Waals surface area (Å²) in [7, 11) is 1.65. The van der Waals surface area contributed by atoms with Gasteiger partial charge in [-0.1, -0.05) is 42.5 Å². The van der Waals surface area contributed by atoms with Crippen molar-refractivity contribution in [2.45, 2.75) is 13.0 Å². The normalized spacial score (nSPS) is 15.9. The van der Waals surface area contributed by atoms with Gasteiger partial charge in [0, 0.05) is 33.2 Å². The van der Waals surface area contributed by atoms with E-state index in [1.807, 2.05) is 61.5 Å². The molecular formula is C23H30N4O3. The van der Waals surface area contributed by atoms with Crippen molar-refractivity contribution in [2.24, 2.45) is 0 Å². The molecule has 0 radical (unpaired) electrons. The first-order chi connectivity index (χ1) is 14.6. The molecule has 7 nitrogen and oxygen atoms in total. The summed E-state index contributed by atoms with van der Waals surface area (Å²) in [6.45, 7) is 5.72. The highest BCUT2D eigenvalue weighted by Crippen LogP contribution is 2.28. The first kappa shape index (κ1) is 21.8. The number of nitrogens with zero attached hydrogens (tertiary/aromatic N) is 2. The van der Waals surface area contributed by atoms with E-state index in [1.165, 1.54) is 0 Å². The lowest BCUT2D eigenvalue weighted by atomic mass is 10.0. The highest BCUT2D eigenvalue weighted by Gasteiger charge is 2.31. The number of nitrogens with one attached hydrogen (secondary N) is 2. The van der Waals surface area contributed by atoms with Gasteiger partial charge in [-0.3, -0.25) is 19.4 Å². The molecule has 0 aromatic heterocycles. The van der Waals surface area contributed by atoms with Crippen molar-refractivity contribution in [3.8, 4) is 5.75 Å². The summed E-state index contributed by atoms with van der Waals surface area (Å²) < 4.78 is 5.66. The lowest BCUT2D eigenvalue weighted by Crippen LogP contribution is -2.51. The summed E-state index contributed by atoms with van der Waals surface area (Å²) >= 11 is 0. The molecule has 1 aliphatic heterocycles. The number of benzene rings is 2. The number of hydrogen-bond acceptors (Lipinski definition) is 5. The standard InChI is InChI=1S/C23H30N4O3/c1-3-30-20-12-8-7-11-19(20)25-23(29)22(18-9-5-4-6-10-18)27-15-13-26(14-16-27)17-21(28)24-2/h4-12,22H,3,13-17H2,1-2H3,(H,24,28)(H,25,29)/t22-/m1/s1. The maximum absolute atomic E-state index is 13.4. The second kappa shape index (κ2) is 10.8. The van der Waals surface area contributed by atoms with Crippen LogP contribution < -0.4 is 15.4 Å². The minimum Gasteiger partial charge on any atom is -0.492 e. The van der Waals surface area contributed by atoms with Gasteiger partial charge in [-0.05, 0) is 24.6 Å². The van der Waals surface area contributed by atoms with Gasteiger partial charge in [-0.2, -0.15) is 0 Å². The van der Waals surface area contributed by atoms with Gasteiger partial charge in [0.1, 0.15) is 11.8 Å². The number of rotatable bonds is 8. The SMILES string of the molecule is CCOc1ccccc1NC(=O)[C@@H](c1ccccc1)N1CCN(CC(=O)NC)CC1. The van der Waals surface area contributed by atoms with E-state index in [-0.39, 0.29) is 11.8 Å². The molecule has 1 atom stereocenters. The maximum Gasteiger partial charge on any atom is 0.246 e. The van der Waals surface area contributed by atoms with Gasteiger partial charge in [-0.25, -0.2) is 0 Å². The average Bonchev–Trinajstić information content (AvgIpc) is 2.77. The number of carbonyl (C=O) groups is 2. The Hall–Kier alpha value is -2.90. The molecule has 2 amide bonds. The monoisotopic (exact) mass is 410 g/mol. The molecule has 30 heavy (non-hydrogen) atoms. The van der Waals surface area contributed by atoms with Crippen LogP contribution in [0.25, 0.3) is 0 Å². The third-order valence-corrected chi connectivity index (χ3v) is 5.23. The molecule has 1 fully saturated rings. The average molecular weight is 411 g/mol. The third kappa shape index (κ3) is 5.58. The molecule has 2 aromatic carbocycles. The number of carbonyl (C=O) groups excluding carboxylic acids is 2. The number of amides is 2. The molecule has 3 rings (SSSR count). The predicted molar refractivity (Wildman–Crippen MR) is 118 cm³/mol. The Morgan fingerprint density at radius 2 is 1.67 bits per heavy atom. The van der Waals surface area contributed by atoms with Crippen molar-refractivity contribution in [1.82, 2.24) is 15.1 Å². The van der Waals surface area contributed by atoms with Crippen molar-refractivity contribution < 1.29 is 14.3 Å². The van der Waals surface area contributed by atoms with E-state index in [0.29, 0.717) is 37.7 Å². The Kier molecular flexibility index (Phi) is 7.82. The van der Waals surface area contributed by atoms with Gasteiger partial charge in [0.05, 0.1) is 18.8 Å². The van der Waals surface area contributed by atoms with Crippen LogP contribution >= 0.6 is 0 Å². The number of piperazine rings is 1. The molecule has 1 saturated heterocycles. The molecular weight excluding hydrogens is 380 g/mol. The van der Waals surface area contributed by atoms with E-state index in [4.69, 9.17) is 4.74 Å². The van der Waals surface area contributed by atoms with E-state index < -0.39 is 6.04 Å². The quantitative estimate of drug-likeness (QED) is 0.698. The molecule has 160 valence electrons. The number of para-hydroxylation sites is 2. The zero-order chi connectivity index (χ0) is 21.3. The molecule has 0 unspecified atom stereocenters. The number of anilines is 1. The summed E-state index contributed by atoms with van der Waals surface area (Å²) in [5.74, 6) is 0.581. The van der Waals surface area contributed by atoms with Crippen LogP contribution in [0.1, 0.15) is 18.5 Å². The lowest BCUT2D eigenvalue weighted by molar-refractivity contribution is -0.125. The van der Waals surface area contributed by atoms with Crippen LogP contribution in [-0.4, -0.2) is 68.0 Å². The smallest absolute Gasteiger partial charge is 0.246 e. The van der Waals surface area contributed by atoms with Crippen molar-refractivity contribution in [2.75, 3.05) is 51.7 Å². The van der Waals surface area contributed by atoms with Gasteiger partial charge in [-0.15, -0.1) is 0 Å². The molecule has 1 aliphatic rings. The van der Waals surface area contributed by atoms with Crippen LogP contribution in [-0.2, 0) is 9.59 Å². The third-order valence-electron chi connectivity index (χ3n) is 5.23.